The van der Waals surface area contributed by atoms with Crippen LogP contribution in [-0.4, -0.2) is 35.0 Å². The SMILES string of the molecule is COc1ccc(OC)c(-n2nnc(C(=O)c3ccc(C(C)(C)C)cc3)c2C)c1. The molecule has 146 valence electrons. The molecule has 0 saturated heterocycles. The summed E-state index contributed by atoms with van der Waals surface area (Å²) in [7, 11) is 3.18. The van der Waals surface area contributed by atoms with Crippen molar-refractivity contribution in [2.45, 2.75) is 33.1 Å². The highest BCUT2D eigenvalue weighted by molar-refractivity contribution is 6.08. The first kappa shape index (κ1) is 19.6. The van der Waals surface area contributed by atoms with E-state index in [-0.39, 0.29) is 11.2 Å². The lowest BCUT2D eigenvalue weighted by molar-refractivity contribution is 0.103. The predicted molar refractivity (Wildman–Crippen MR) is 108 cm³/mol. The first-order valence-electron chi connectivity index (χ1n) is 9.06. The molecule has 0 spiro atoms. The van der Waals surface area contributed by atoms with Gasteiger partial charge in [-0.2, -0.15) is 0 Å². The van der Waals surface area contributed by atoms with E-state index in [0.717, 1.165) is 0 Å². The molecule has 0 fully saturated rings. The van der Waals surface area contributed by atoms with Gasteiger partial charge < -0.3 is 9.47 Å². The zero-order valence-electron chi connectivity index (χ0n) is 17.1. The highest BCUT2D eigenvalue weighted by atomic mass is 16.5. The number of carbonyl (C=O) groups is 1. The van der Waals surface area contributed by atoms with Crippen LogP contribution < -0.4 is 9.47 Å². The average molecular weight is 379 g/mol. The zero-order valence-corrected chi connectivity index (χ0v) is 17.1. The Balaban J connectivity index is 1.98. The maximum atomic E-state index is 13.0. The molecule has 0 N–H and O–H groups in total. The molecular formula is C22H25N3O3. The molecule has 0 aliphatic heterocycles. The van der Waals surface area contributed by atoms with E-state index < -0.39 is 0 Å². The fourth-order valence-electron chi connectivity index (χ4n) is 2.99. The monoisotopic (exact) mass is 379 g/mol. The van der Waals surface area contributed by atoms with Crippen LogP contribution in [-0.2, 0) is 5.41 Å². The Morgan fingerprint density at radius 2 is 1.68 bits per heavy atom. The van der Waals surface area contributed by atoms with Crippen LogP contribution in [0.2, 0.25) is 0 Å². The quantitative estimate of drug-likeness (QED) is 0.624. The van der Waals surface area contributed by atoms with E-state index in [0.29, 0.717) is 34.1 Å². The summed E-state index contributed by atoms with van der Waals surface area (Å²) in [5, 5.41) is 8.32. The minimum atomic E-state index is -0.161. The van der Waals surface area contributed by atoms with Gasteiger partial charge in [-0.15, -0.1) is 5.10 Å². The number of hydrogen-bond acceptors (Lipinski definition) is 5. The first-order chi connectivity index (χ1) is 13.3. The van der Waals surface area contributed by atoms with Crippen LogP contribution in [0.1, 0.15) is 48.1 Å². The minimum Gasteiger partial charge on any atom is -0.497 e. The number of rotatable bonds is 5. The van der Waals surface area contributed by atoms with E-state index in [4.69, 9.17) is 9.47 Å². The Hall–Kier alpha value is -3.15. The Kier molecular flexibility index (Phi) is 5.23. The van der Waals surface area contributed by atoms with Crippen LogP contribution in [0.15, 0.2) is 42.5 Å². The fourth-order valence-corrected chi connectivity index (χ4v) is 2.99. The normalized spacial score (nSPS) is 11.4. The van der Waals surface area contributed by atoms with Gasteiger partial charge in [0.15, 0.2) is 5.69 Å². The van der Waals surface area contributed by atoms with Gasteiger partial charge in [0.1, 0.15) is 17.2 Å². The van der Waals surface area contributed by atoms with E-state index in [1.807, 2.05) is 31.2 Å². The molecule has 3 aromatic rings. The van der Waals surface area contributed by atoms with E-state index in [1.54, 1.807) is 37.1 Å². The fraction of sp³-hybridized carbons (Fsp3) is 0.318. The summed E-state index contributed by atoms with van der Waals surface area (Å²) in [6.45, 7) is 8.24. The van der Waals surface area contributed by atoms with E-state index in [2.05, 4.69) is 31.1 Å². The smallest absolute Gasteiger partial charge is 0.215 e. The number of hydrogen-bond donors (Lipinski definition) is 0. The van der Waals surface area contributed by atoms with E-state index >= 15 is 0 Å². The summed E-state index contributed by atoms with van der Waals surface area (Å²) in [4.78, 5) is 13.0. The second kappa shape index (κ2) is 7.46. The van der Waals surface area contributed by atoms with Gasteiger partial charge in [-0.1, -0.05) is 50.3 Å². The lowest BCUT2D eigenvalue weighted by Gasteiger charge is -2.18. The molecule has 0 aliphatic rings. The molecule has 28 heavy (non-hydrogen) atoms. The molecule has 2 aromatic carbocycles. The van der Waals surface area contributed by atoms with Gasteiger partial charge in [0, 0.05) is 11.6 Å². The van der Waals surface area contributed by atoms with Gasteiger partial charge >= 0.3 is 0 Å². The maximum absolute atomic E-state index is 13.0. The number of aromatic nitrogens is 3. The standard InChI is InChI=1S/C22H25N3O3/c1-14-20(21(26)15-7-9-16(10-8-15)22(2,3)4)23-24-25(14)18-13-17(27-5)11-12-19(18)28-6/h7-13H,1-6H3. The van der Waals surface area contributed by atoms with Crippen LogP contribution in [0.5, 0.6) is 11.5 Å². The van der Waals surface area contributed by atoms with Crippen molar-refractivity contribution in [3.63, 3.8) is 0 Å². The van der Waals surface area contributed by atoms with Crippen LogP contribution in [0.25, 0.3) is 5.69 Å². The number of nitrogens with zero attached hydrogens (tertiary/aromatic N) is 3. The third-order valence-electron chi connectivity index (χ3n) is 4.74. The van der Waals surface area contributed by atoms with Gasteiger partial charge in [0.25, 0.3) is 0 Å². The topological polar surface area (TPSA) is 66.2 Å². The maximum Gasteiger partial charge on any atom is 0.215 e. The average Bonchev–Trinajstić information content (AvgIpc) is 3.07. The number of benzene rings is 2. The molecule has 0 amide bonds. The lowest BCUT2D eigenvalue weighted by atomic mass is 9.86. The third kappa shape index (κ3) is 3.63. The van der Waals surface area contributed by atoms with Crippen molar-refractivity contribution in [2.24, 2.45) is 0 Å². The molecule has 1 aromatic heterocycles. The van der Waals surface area contributed by atoms with Crippen molar-refractivity contribution in [3.05, 3.63) is 65.0 Å². The number of ketones is 1. The number of methoxy groups -OCH3 is 2. The predicted octanol–water partition coefficient (Wildman–Crippen LogP) is 4.12. The highest BCUT2D eigenvalue weighted by Crippen LogP contribution is 2.29. The molecule has 0 atom stereocenters. The van der Waals surface area contributed by atoms with Crippen LogP contribution in [0.3, 0.4) is 0 Å². The van der Waals surface area contributed by atoms with Crippen molar-refractivity contribution in [3.8, 4) is 17.2 Å². The second-order valence-corrected chi connectivity index (χ2v) is 7.63. The molecule has 6 nitrogen and oxygen atoms in total. The molecular weight excluding hydrogens is 354 g/mol. The largest absolute Gasteiger partial charge is 0.497 e. The molecule has 3 rings (SSSR count). The summed E-state index contributed by atoms with van der Waals surface area (Å²) in [6, 6.07) is 13.0. The molecule has 6 heteroatoms. The second-order valence-electron chi connectivity index (χ2n) is 7.63. The van der Waals surface area contributed by atoms with Gasteiger partial charge in [0.05, 0.1) is 19.9 Å². The molecule has 1 heterocycles. The van der Waals surface area contributed by atoms with Crippen molar-refractivity contribution in [1.82, 2.24) is 15.0 Å². The van der Waals surface area contributed by atoms with E-state index in [9.17, 15) is 4.79 Å². The van der Waals surface area contributed by atoms with Gasteiger partial charge in [-0.3, -0.25) is 4.79 Å². The van der Waals surface area contributed by atoms with Crippen molar-refractivity contribution < 1.29 is 14.3 Å². The Morgan fingerprint density at radius 3 is 2.25 bits per heavy atom. The van der Waals surface area contributed by atoms with Crippen molar-refractivity contribution >= 4 is 5.78 Å². The molecule has 0 bridgehead atoms. The van der Waals surface area contributed by atoms with Crippen LogP contribution in [0.4, 0.5) is 0 Å². The van der Waals surface area contributed by atoms with Gasteiger partial charge in [-0.25, -0.2) is 4.68 Å². The molecule has 0 radical (unpaired) electrons. The summed E-state index contributed by atoms with van der Waals surface area (Å²) in [5.41, 5.74) is 3.40. The molecule has 0 saturated carbocycles. The summed E-state index contributed by atoms with van der Waals surface area (Å²) in [5.74, 6) is 1.12. The van der Waals surface area contributed by atoms with E-state index in [1.165, 1.54) is 5.56 Å². The third-order valence-corrected chi connectivity index (χ3v) is 4.74. The van der Waals surface area contributed by atoms with Gasteiger partial charge in [0.2, 0.25) is 5.78 Å². The zero-order chi connectivity index (χ0) is 20.5. The Bertz CT molecular complexity index is 999. The lowest BCUT2D eigenvalue weighted by Crippen LogP contribution is -2.12. The number of carbonyl (C=O) groups excluding carboxylic acids is 1. The molecule has 0 aliphatic carbocycles. The van der Waals surface area contributed by atoms with Gasteiger partial charge in [-0.05, 0) is 30.0 Å². The summed E-state index contributed by atoms with van der Waals surface area (Å²) in [6.07, 6.45) is 0. The van der Waals surface area contributed by atoms with Crippen molar-refractivity contribution in [2.75, 3.05) is 14.2 Å². The Morgan fingerprint density at radius 1 is 1.00 bits per heavy atom. The van der Waals surface area contributed by atoms with Crippen molar-refractivity contribution in [1.29, 1.82) is 0 Å². The first-order valence-corrected chi connectivity index (χ1v) is 9.06. The van der Waals surface area contributed by atoms with Crippen LogP contribution in [0, 0.1) is 6.92 Å². The minimum absolute atomic E-state index is 0.0313. The Labute approximate surface area is 165 Å². The summed E-state index contributed by atoms with van der Waals surface area (Å²) >= 11 is 0. The number of ether oxygens (including phenoxy) is 2. The molecule has 0 unspecified atom stereocenters. The summed E-state index contributed by atoms with van der Waals surface area (Å²) < 4.78 is 12.3. The highest BCUT2D eigenvalue weighted by Gasteiger charge is 2.21. The van der Waals surface area contributed by atoms with Crippen LogP contribution >= 0.6 is 0 Å².